The molecule has 1 aliphatic carbocycles. The second-order valence-electron chi connectivity index (χ2n) is 6.23. The minimum atomic E-state index is -0.171. The number of nitrogens with one attached hydrogen (secondary N) is 2. The van der Waals surface area contributed by atoms with Gasteiger partial charge in [0.25, 0.3) is 5.91 Å². The summed E-state index contributed by atoms with van der Waals surface area (Å²) in [6.45, 7) is 4.48. The lowest BCUT2D eigenvalue weighted by Crippen LogP contribution is -2.23. The number of rotatable bonds is 2. The summed E-state index contributed by atoms with van der Waals surface area (Å²) in [5.41, 5.74) is 3.63. The van der Waals surface area contributed by atoms with E-state index in [0.29, 0.717) is 11.4 Å². The van der Waals surface area contributed by atoms with Crippen molar-refractivity contribution in [3.05, 3.63) is 29.3 Å². The van der Waals surface area contributed by atoms with Crippen LogP contribution in [0.1, 0.15) is 42.0 Å². The number of carbonyl (C=O) groups is 1. The molecule has 0 spiro atoms. The average Bonchev–Trinajstić information content (AvgIpc) is 2.94. The normalized spacial score (nSPS) is 16.8. The van der Waals surface area contributed by atoms with Gasteiger partial charge < -0.3 is 5.32 Å². The second kappa shape index (κ2) is 4.47. The fraction of sp³-hybridized carbons (Fsp3) is 0.500. The molecule has 2 aromatic heterocycles. The number of hydrogen-bond donors (Lipinski definition) is 2. The average molecular weight is 273 g/mol. The van der Waals surface area contributed by atoms with Crippen molar-refractivity contribution in [2.75, 3.05) is 5.32 Å². The Balaban J connectivity index is 1.81. The number of carbonyl (C=O) groups excluding carboxylic acids is 1. The van der Waals surface area contributed by atoms with Gasteiger partial charge in [0.05, 0.1) is 11.9 Å². The summed E-state index contributed by atoms with van der Waals surface area (Å²) < 4.78 is 1.65. The molecule has 0 atom stereocenters. The Morgan fingerprint density at radius 3 is 3.00 bits per heavy atom. The van der Waals surface area contributed by atoms with E-state index in [1.165, 1.54) is 0 Å². The van der Waals surface area contributed by atoms with E-state index in [9.17, 15) is 4.79 Å². The van der Waals surface area contributed by atoms with Crippen LogP contribution in [0.3, 0.4) is 0 Å². The number of anilines is 1. The molecular weight excluding hydrogens is 254 g/mol. The first kappa shape index (κ1) is 12.9. The first-order valence-electron chi connectivity index (χ1n) is 6.81. The Labute approximate surface area is 117 Å². The fourth-order valence-electron chi connectivity index (χ4n) is 2.71. The Morgan fingerprint density at radius 1 is 1.50 bits per heavy atom. The molecule has 1 amide bonds. The molecule has 20 heavy (non-hydrogen) atoms. The molecule has 1 aliphatic rings. The maximum absolute atomic E-state index is 12.3. The summed E-state index contributed by atoms with van der Waals surface area (Å²) in [4.78, 5) is 12.3. The van der Waals surface area contributed by atoms with Crippen molar-refractivity contribution in [3.8, 4) is 0 Å². The van der Waals surface area contributed by atoms with Gasteiger partial charge in [0.1, 0.15) is 0 Å². The molecule has 3 rings (SSSR count). The van der Waals surface area contributed by atoms with Gasteiger partial charge in [0.15, 0.2) is 5.69 Å². The first-order valence-corrected chi connectivity index (χ1v) is 6.81. The molecule has 2 N–H and O–H groups in total. The third-order valence-corrected chi connectivity index (χ3v) is 3.84. The summed E-state index contributed by atoms with van der Waals surface area (Å²) >= 11 is 0. The van der Waals surface area contributed by atoms with Crippen molar-refractivity contribution in [2.24, 2.45) is 12.5 Å². The van der Waals surface area contributed by atoms with Crippen LogP contribution in [0.2, 0.25) is 0 Å². The molecular formula is C14H19N5O. The number of fused-ring (bicyclic) bond motifs is 1. The van der Waals surface area contributed by atoms with E-state index in [1.807, 2.05) is 7.05 Å². The third kappa shape index (κ3) is 2.33. The van der Waals surface area contributed by atoms with Crippen LogP contribution in [0, 0.1) is 5.41 Å². The fourth-order valence-corrected chi connectivity index (χ4v) is 2.71. The van der Waals surface area contributed by atoms with E-state index in [1.54, 1.807) is 17.1 Å². The quantitative estimate of drug-likeness (QED) is 0.877. The number of nitrogens with zero attached hydrogens (tertiary/aromatic N) is 3. The molecule has 2 heterocycles. The maximum Gasteiger partial charge on any atom is 0.276 e. The Kier molecular flexibility index (Phi) is 2.88. The summed E-state index contributed by atoms with van der Waals surface area (Å²) in [6.07, 6.45) is 6.30. The zero-order valence-corrected chi connectivity index (χ0v) is 12.0. The van der Waals surface area contributed by atoms with Crippen molar-refractivity contribution in [1.82, 2.24) is 20.0 Å². The lowest BCUT2D eigenvalue weighted by atomic mass is 9.76. The molecule has 106 valence electrons. The molecule has 6 heteroatoms. The lowest BCUT2D eigenvalue weighted by Gasteiger charge is -2.28. The zero-order chi connectivity index (χ0) is 14.3. The van der Waals surface area contributed by atoms with Crippen molar-refractivity contribution in [2.45, 2.75) is 33.1 Å². The van der Waals surface area contributed by atoms with Gasteiger partial charge in [-0.3, -0.25) is 14.6 Å². The molecule has 0 unspecified atom stereocenters. The molecule has 0 bridgehead atoms. The highest BCUT2D eigenvalue weighted by molar-refractivity contribution is 6.03. The van der Waals surface area contributed by atoms with Gasteiger partial charge in [0, 0.05) is 24.5 Å². The molecule has 0 radical (unpaired) electrons. The number of H-pyrrole nitrogens is 1. The van der Waals surface area contributed by atoms with Gasteiger partial charge in [-0.15, -0.1) is 0 Å². The predicted octanol–water partition coefficient (Wildman–Crippen LogP) is 1.91. The van der Waals surface area contributed by atoms with Gasteiger partial charge in [-0.05, 0) is 24.7 Å². The van der Waals surface area contributed by atoms with Crippen molar-refractivity contribution >= 4 is 11.6 Å². The highest BCUT2D eigenvalue weighted by Crippen LogP contribution is 2.34. The molecule has 0 fully saturated rings. The van der Waals surface area contributed by atoms with Gasteiger partial charge in [0.2, 0.25) is 0 Å². The third-order valence-electron chi connectivity index (χ3n) is 3.84. The summed E-state index contributed by atoms with van der Waals surface area (Å²) in [7, 11) is 1.81. The van der Waals surface area contributed by atoms with Crippen LogP contribution in [0.4, 0.5) is 5.69 Å². The number of amides is 1. The van der Waals surface area contributed by atoms with Crippen molar-refractivity contribution in [3.63, 3.8) is 0 Å². The van der Waals surface area contributed by atoms with Crippen molar-refractivity contribution in [1.29, 1.82) is 0 Å². The highest BCUT2D eigenvalue weighted by atomic mass is 16.2. The number of hydrogen-bond acceptors (Lipinski definition) is 3. The monoisotopic (exact) mass is 273 g/mol. The number of aromatic nitrogens is 4. The van der Waals surface area contributed by atoms with Gasteiger partial charge in [-0.25, -0.2) is 0 Å². The van der Waals surface area contributed by atoms with Crippen LogP contribution in [0.15, 0.2) is 12.4 Å². The minimum absolute atomic E-state index is 0.171. The zero-order valence-electron chi connectivity index (χ0n) is 12.0. The van der Waals surface area contributed by atoms with Crippen molar-refractivity contribution < 1.29 is 4.79 Å². The molecule has 0 saturated heterocycles. The Morgan fingerprint density at radius 2 is 2.30 bits per heavy atom. The second-order valence-corrected chi connectivity index (χ2v) is 6.23. The summed E-state index contributed by atoms with van der Waals surface area (Å²) in [5.74, 6) is -0.171. The number of aryl methyl sites for hydroxylation is 1. The number of aromatic amines is 1. The van der Waals surface area contributed by atoms with Gasteiger partial charge >= 0.3 is 0 Å². The Bertz CT molecular complexity index is 652. The topological polar surface area (TPSA) is 75.6 Å². The Hall–Kier alpha value is -2.11. The molecule has 6 nitrogen and oxygen atoms in total. The van der Waals surface area contributed by atoms with Crippen LogP contribution in [-0.4, -0.2) is 25.9 Å². The smallest absolute Gasteiger partial charge is 0.276 e. The van der Waals surface area contributed by atoms with Crippen LogP contribution in [-0.2, 0) is 19.9 Å². The van der Waals surface area contributed by atoms with Crippen LogP contribution in [0.5, 0.6) is 0 Å². The van der Waals surface area contributed by atoms with Gasteiger partial charge in [-0.2, -0.15) is 10.2 Å². The molecule has 0 saturated carbocycles. The maximum atomic E-state index is 12.3. The minimum Gasteiger partial charge on any atom is -0.318 e. The largest absolute Gasteiger partial charge is 0.318 e. The predicted molar refractivity (Wildman–Crippen MR) is 75.6 cm³/mol. The van der Waals surface area contributed by atoms with Crippen LogP contribution >= 0.6 is 0 Å². The van der Waals surface area contributed by atoms with E-state index < -0.39 is 0 Å². The summed E-state index contributed by atoms with van der Waals surface area (Å²) in [6, 6.07) is 0. The van der Waals surface area contributed by atoms with E-state index in [2.05, 4.69) is 34.5 Å². The van der Waals surface area contributed by atoms with E-state index in [-0.39, 0.29) is 11.3 Å². The van der Waals surface area contributed by atoms with E-state index in [0.717, 1.165) is 30.5 Å². The molecule has 2 aromatic rings. The first-order chi connectivity index (χ1) is 9.44. The van der Waals surface area contributed by atoms with Crippen LogP contribution < -0.4 is 5.32 Å². The SMILES string of the molecule is Cn1cc(NC(=O)c2n[nH]c3c2CCC(C)(C)C3)cn1. The standard InChI is InChI=1S/C14H19N5O/c1-14(2)5-4-10-11(6-14)17-18-12(10)13(20)16-9-7-15-19(3)8-9/h7-8H,4-6H2,1-3H3,(H,16,20)(H,17,18). The highest BCUT2D eigenvalue weighted by Gasteiger charge is 2.30. The van der Waals surface area contributed by atoms with E-state index in [4.69, 9.17) is 0 Å². The lowest BCUT2D eigenvalue weighted by molar-refractivity contribution is 0.102. The van der Waals surface area contributed by atoms with Gasteiger partial charge in [-0.1, -0.05) is 13.8 Å². The van der Waals surface area contributed by atoms with E-state index >= 15 is 0 Å². The molecule has 0 aliphatic heterocycles. The summed E-state index contributed by atoms with van der Waals surface area (Å²) in [5, 5.41) is 14.1. The van der Waals surface area contributed by atoms with Crippen LogP contribution in [0.25, 0.3) is 0 Å². The molecule has 0 aromatic carbocycles.